The van der Waals surface area contributed by atoms with E-state index >= 15 is 0 Å². The van der Waals surface area contributed by atoms with Gasteiger partial charge in [-0.1, -0.05) is 36.1 Å². The summed E-state index contributed by atoms with van der Waals surface area (Å²) in [5.41, 5.74) is -0.394. The lowest BCUT2D eigenvalue weighted by Crippen LogP contribution is -2.35. The molecule has 1 amide bonds. The predicted molar refractivity (Wildman–Crippen MR) is 131 cm³/mol. The molecule has 11 heteroatoms. The molecule has 0 unspecified atom stereocenters. The fraction of sp³-hybridized carbons (Fsp3) is 0.261. The Labute approximate surface area is 205 Å². The molecule has 0 saturated carbocycles. The van der Waals surface area contributed by atoms with Crippen molar-refractivity contribution in [3.63, 3.8) is 0 Å². The number of hydrogen-bond acceptors (Lipinski definition) is 9. The first-order chi connectivity index (χ1) is 16.2. The average molecular weight is 500 g/mol. The molecule has 0 spiro atoms. The van der Waals surface area contributed by atoms with Crippen LogP contribution in [0.1, 0.15) is 27.0 Å². The van der Waals surface area contributed by atoms with E-state index in [1.54, 1.807) is 43.5 Å². The fourth-order valence-corrected chi connectivity index (χ4v) is 4.64. The van der Waals surface area contributed by atoms with Gasteiger partial charge in [0.2, 0.25) is 5.88 Å². The molecule has 0 bridgehead atoms. The number of Topliss-reactive ketones (excluding diaryl/α,β-unsaturated/α-hetero) is 1. The van der Waals surface area contributed by atoms with Crippen LogP contribution in [0.2, 0.25) is 0 Å². The van der Waals surface area contributed by atoms with E-state index in [1.807, 2.05) is 0 Å². The van der Waals surface area contributed by atoms with Gasteiger partial charge in [0.15, 0.2) is 5.78 Å². The number of aromatic nitrogens is 1. The number of carbonyl (C=O) groups is 2. The number of ketones is 1. The molecule has 1 aliphatic heterocycles. The molecule has 2 heterocycles. The number of carbonyl (C=O) groups excluding carboxylic acids is 2. The zero-order chi connectivity index (χ0) is 25.0. The van der Waals surface area contributed by atoms with Crippen LogP contribution in [0.25, 0.3) is 6.08 Å². The van der Waals surface area contributed by atoms with Crippen molar-refractivity contribution in [1.82, 2.24) is 9.47 Å². The number of benzene rings is 1. The van der Waals surface area contributed by atoms with Gasteiger partial charge in [-0.15, -0.1) is 0 Å². The zero-order valence-corrected chi connectivity index (χ0v) is 20.3. The molecule has 176 valence electrons. The maximum atomic E-state index is 13.2. The van der Waals surface area contributed by atoms with Crippen LogP contribution in [0.4, 0.5) is 0 Å². The Balaban J connectivity index is 1.91. The molecule has 0 radical (unpaired) electrons. The Bertz CT molecular complexity index is 1290. The number of nitrogens with zero attached hydrogens (tertiary/aromatic N) is 3. The molecule has 9 nitrogen and oxygen atoms in total. The quantitative estimate of drug-likeness (QED) is 0.332. The highest BCUT2D eigenvalue weighted by atomic mass is 32.2. The number of aromatic hydroxyl groups is 1. The van der Waals surface area contributed by atoms with Crippen molar-refractivity contribution in [3.8, 4) is 17.7 Å². The van der Waals surface area contributed by atoms with Gasteiger partial charge in [0.1, 0.15) is 21.7 Å². The van der Waals surface area contributed by atoms with Crippen molar-refractivity contribution < 1.29 is 24.2 Å². The topological polar surface area (TPSA) is 122 Å². The molecule has 1 N–H and O–H groups in total. The second-order valence-corrected chi connectivity index (χ2v) is 8.90. The molecule has 34 heavy (non-hydrogen) atoms. The Morgan fingerprint density at radius 2 is 1.94 bits per heavy atom. The van der Waals surface area contributed by atoms with Gasteiger partial charge in [0.25, 0.3) is 11.5 Å². The van der Waals surface area contributed by atoms with Crippen molar-refractivity contribution >= 4 is 46.1 Å². The smallest absolute Gasteiger partial charge is 0.271 e. The molecular formula is C23H21N3O6S2. The number of thiocarbonyl (C=S) groups is 1. The Hall–Kier alpha value is -3.46. The number of ether oxygens (including phenoxy) is 2. The number of pyridine rings is 1. The van der Waals surface area contributed by atoms with E-state index in [9.17, 15) is 24.8 Å². The number of hydrogen-bond donors (Lipinski definition) is 1. The molecule has 1 aromatic carbocycles. The summed E-state index contributed by atoms with van der Waals surface area (Å²) in [5.74, 6) is -1.01. The summed E-state index contributed by atoms with van der Waals surface area (Å²) in [5, 5.41) is 20.1. The van der Waals surface area contributed by atoms with Crippen LogP contribution in [-0.2, 0) is 16.1 Å². The number of thioether (sulfide) groups is 1. The van der Waals surface area contributed by atoms with E-state index in [2.05, 4.69) is 0 Å². The minimum atomic E-state index is -0.723. The Morgan fingerprint density at radius 1 is 1.26 bits per heavy atom. The second-order valence-electron chi connectivity index (χ2n) is 7.22. The van der Waals surface area contributed by atoms with Gasteiger partial charge in [0.05, 0.1) is 37.3 Å². The summed E-state index contributed by atoms with van der Waals surface area (Å²) in [7, 11) is 2.97. The van der Waals surface area contributed by atoms with Gasteiger partial charge in [-0.25, -0.2) is 0 Å². The Morgan fingerprint density at radius 3 is 2.53 bits per heavy atom. The van der Waals surface area contributed by atoms with Gasteiger partial charge in [-0.05, 0) is 36.3 Å². The fourth-order valence-electron chi connectivity index (χ4n) is 3.39. The second kappa shape index (κ2) is 10.6. The molecule has 3 rings (SSSR count). The van der Waals surface area contributed by atoms with E-state index < -0.39 is 29.7 Å². The van der Waals surface area contributed by atoms with Crippen molar-refractivity contribution in [2.45, 2.75) is 13.5 Å². The predicted octanol–water partition coefficient (Wildman–Crippen LogP) is 2.47. The summed E-state index contributed by atoms with van der Waals surface area (Å²) in [4.78, 5) is 40.1. The highest BCUT2D eigenvalue weighted by molar-refractivity contribution is 8.26. The molecule has 0 atom stereocenters. The molecule has 1 aromatic heterocycles. The van der Waals surface area contributed by atoms with Crippen LogP contribution in [0.5, 0.6) is 11.6 Å². The first-order valence-corrected chi connectivity index (χ1v) is 11.2. The number of methoxy groups -OCH3 is 2. The van der Waals surface area contributed by atoms with Crippen molar-refractivity contribution in [2.24, 2.45) is 0 Å². The number of rotatable bonds is 8. The minimum absolute atomic E-state index is 0.0443. The molecule has 0 aliphatic carbocycles. The lowest BCUT2D eigenvalue weighted by molar-refractivity contribution is -0.121. The zero-order valence-electron chi connectivity index (χ0n) is 18.7. The molecule has 2 aromatic rings. The van der Waals surface area contributed by atoms with E-state index in [1.165, 1.54) is 14.0 Å². The maximum absolute atomic E-state index is 13.2. The van der Waals surface area contributed by atoms with E-state index in [0.29, 0.717) is 10.7 Å². The third-order valence-electron chi connectivity index (χ3n) is 5.19. The van der Waals surface area contributed by atoms with Crippen LogP contribution >= 0.6 is 24.0 Å². The van der Waals surface area contributed by atoms with Crippen molar-refractivity contribution in [2.75, 3.05) is 27.4 Å². The lowest BCUT2D eigenvalue weighted by atomic mass is 10.0. The van der Waals surface area contributed by atoms with Gasteiger partial charge in [-0.3, -0.25) is 23.9 Å². The number of amides is 1. The number of nitriles is 1. The first kappa shape index (κ1) is 25.2. The molecule has 1 saturated heterocycles. The van der Waals surface area contributed by atoms with Crippen molar-refractivity contribution in [1.29, 1.82) is 5.26 Å². The third kappa shape index (κ3) is 4.89. The minimum Gasteiger partial charge on any atom is -0.497 e. The lowest BCUT2D eigenvalue weighted by Gasteiger charge is -2.18. The van der Waals surface area contributed by atoms with E-state index in [4.69, 9.17) is 21.7 Å². The maximum Gasteiger partial charge on any atom is 0.271 e. The average Bonchev–Trinajstić information content (AvgIpc) is 3.07. The molecule has 1 aliphatic rings. The summed E-state index contributed by atoms with van der Waals surface area (Å²) in [6, 6.07) is 8.87. The van der Waals surface area contributed by atoms with E-state index in [0.717, 1.165) is 26.8 Å². The van der Waals surface area contributed by atoms with Gasteiger partial charge in [0, 0.05) is 7.11 Å². The standard InChI is InChI=1S/C23H21N3O6S2/c1-13-16(11-24)20(28)25(8-9-31-2)22(30)19(13)17(27)12-26-21(29)18(34-23(26)33)10-14-4-6-15(32-3)7-5-14/h4-7,10,30H,8-9,12H2,1-3H3/b18-10-. The Kier molecular flexibility index (Phi) is 7.88. The summed E-state index contributed by atoms with van der Waals surface area (Å²) >= 11 is 6.36. The summed E-state index contributed by atoms with van der Waals surface area (Å²) in [6.45, 7) is 0.982. The summed E-state index contributed by atoms with van der Waals surface area (Å²) < 4.78 is 11.2. The van der Waals surface area contributed by atoms with Gasteiger partial charge < -0.3 is 14.6 Å². The third-order valence-corrected chi connectivity index (χ3v) is 6.56. The van der Waals surface area contributed by atoms with Crippen LogP contribution in [-0.4, -0.2) is 58.0 Å². The largest absolute Gasteiger partial charge is 0.497 e. The SMILES string of the molecule is COCCn1c(O)c(C(=O)CN2C(=O)/C(=C/c3ccc(OC)cc3)SC2=S)c(C)c(C#N)c1=O. The molecule has 1 fully saturated rings. The van der Waals surface area contributed by atoms with Crippen molar-refractivity contribution in [3.05, 3.63) is 61.8 Å². The normalized spacial score (nSPS) is 14.5. The monoisotopic (exact) mass is 499 g/mol. The van der Waals surface area contributed by atoms with Crippen LogP contribution in [0.15, 0.2) is 34.0 Å². The van der Waals surface area contributed by atoms with Gasteiger partial charge in [-0.2, -0.15) is 5.26 Å². The highest BCUT2D eigenvalue weighted by Crippen LogP contribution is 2.33. The van der Waals surface area contributed by atoms with Crippen LogP contribution in [0.3, 0.4) is 0 Å². The van der Waals surface area contributed by atoms with Gasteiger partial charge >= 0.3 is 0 Å². The highest BCUT2D eigenvalue weighted by Gasteiger charge is 2.35. The first-order valence-electron chi connectivity index (χ1n) is 10.0. The summed E-state index contributed by atoms with van der Waals surface area (Å²) in [6.07, 6.45) is 1.66. The van der Waals surface area contributed by atoms with Crippen LogP contribution in [0, 0.1) is 18.3 Å². The van der Waals surface area contributed by atoms with Crippen LogP contribution < -0.4 is 10.3 Å². The molecular weight excluding hydrogens is 478 g/mol. The van der Waals surface area contributed by atoms with E-state index in [-0.39, 0.29) is 34.2 Å².